The van der Waals surface area contributed by atoms with E-state index in [1.807, 2.05) is 90.5 Å². The molecule has 4 nitrogen and oxygen atoms in total. The number of hydrogen-bond acceptors (Lipinski definition) is 5. The van der Waals surface area contributed by atoms with Crippen molar-refractivity contribution in [3.8, 4) is 67.5 Å². The van der Waals surface area contributed by atoms with E-state index >= 15 is 0 Å². The first kappa shape index (κ1) is 28.9. The molecule has 0 bridgehead atoms. The van der Waals surface area contributed by atoms with Crippen molar-refractivity contribution in [1.29, 1.82) is 0 Å². The van der Waals surface area contributed by atoms with Crippen LogP contribution in [0.3, 0.4) is 0 Å². The predicted octanol–water partition coefficient (Wildman–Crippen LogP) is 11.6. The molecule has 0 unspecified atom stereocenters. The van der Waals surface area contributed by atoms with Crippen molar-refractivity contribution >= 4 is 31.5 Å². The summed E-state index contributed by atoms with van der Waals surface area (Å²) in [7, 11) is 0. The van der Waals surface area contributed by atoms with Gasteiger partial charge in [-0.2, -0.15) is 0 Å². The van der Waals surface area contributed by atoms with Gasteiger partial charge in [-0.1, -0.05) is 133 Å². The molecule has 6 aromatic carbocycles. The molecule has 9 rings (SSSR count). The van der Waals surface area contributed by atoms with Gasteiger partial charge in [0.25, 0.3) is 0 Å². The molecule has 0 radical (unpaired) electrons. The molecule has 0 N–H and O–H groups in total. The average Bonchev–Trinajstić information content (AvgIpc) is 3.58. The molecule has 0 atom stereocenters. The highest BCUT2D eigenvalue weighted by Gasteiger charge is 2.18. The molecule has 0 saturated carbocycles. The zero-order chi connectivity index (χ0) is 32.6. The van der Waals surface area contributed by atoms with E-state index in [-0.39, 0.29) is 0 Å². The van der Waals surface area contributed by atoms with Crippen molar-refractivity contribution in [2.75, 3.05) is 0 Å². The number of fused-ring (bicyclic) bond motifs is 3. The van der Waals surface area contributed by atoms with Crippen LogP contribution in [-0.4, -0.2) is 19.9 Å². The van der Waals surface area contributed by atoms with Crippen LogP contribution in [0.5, 0.6) is 0 Å². The molecule has 5 heteroatoms. The number of pyridine rings is 1. The van der Waals surface area contributed by atoms with Gasteiger partial charge in [-0.15, -0.1) is 11.3 Å². The zero-order valence-corrected chi connectivity index (χ0v) is 27.2. The smallest absolute Gasteiger partial charge is 0.164 e. The second-order valence-corrected chi connectivity index (χ2v) is 12.9. The molecule has 0 saturated heterocycles. The van der Waals surface area contributed by atoms with E-state index < -0.39 is 0 Å². The molecule has 49 heavy (non-hydrogen) atoms. The van der Waals surface area contributed by atoms with Crippen molar-refractivity contribution in [3.05, 3.63) is 170 Å². The Kier molecular flexibility index (Phi) is 7.30. The number of rotatable bonds is 6. The molecule has 0 spiro atoms. The lowest BCUT2D eigenvalue weighted by atomic mass is 9.94. The van der Waals surface area contributed by atoms with Gasteiger partial charge in [0.1, 0.15) is 0 Å². The van der Waals surface area contributed by atoms with Crippen LogP contribution in [0.4, 0.5) is 0 Å². The van der Waals surface area contributed by atoms with Gasteiger partial charge in [0.15, 0.2) is 17.5 Å². The molecular weight excluding hydrogens is 617 g/mol. The molecule has 3 aromatic heterocycles. The van der Waals surface area contributed by atoms with Crippen molar-refractivity contribution in [1.82, 2.24) is 19.9 Å². The molecule has 0 aliphatic heterocycles. The van der Waals surface area contributed by atoms with Crippen molar-refractivity contribution in [2.45, 2.75) is 0 Å². The van der Waals surface area contributed by atoms with E-state index in [9.17, 15) is 0 Å². The van der Waals surface area contributed by atoms with Gasteiger partial charge in [-0.3, -0.25) is 4.98 Å². The Labute approximate surface area is 288 Å². The van der Waals surface area contributed by atoms with Crippen LogP contribution in [0.25, 0.3) is 87.7 Å². The predicted molar refractivity (Wildman–Crippen MR) is 203 cm³/mol. The number of aromatic nitrogens is 4. The van der Waals surface area contributed by atoms with E-state index in [0.29, 0.717) is 17.5 Å². The van der Waals surface area contributed by atoms with E-state index in [2.05, 4.69) is 96.0 Å². The van der Waals surface area contributed by atoms with Gasteiger partial charge in [0, 0.05) is 60.4 Å². The molecular formula is C44H28N4S. The summed E-state index contributed by atoms with van der Waals surface area (Å²) in [6, 6.07) is 54.8. The Morgan fingerprint density at radius 2 is 0.816 bits per heavy atom. The summed E-state index contributed by atoms with van der Waals surface area (Å²) < 4.78 is 2.51. The first-order chi connectivity index (χ1) is 24.3. The fraction of sp³-hybridized carbons (Fsp3) is 0. The SMILES string of the molecule is c1ccc(-c2cc(-c3nc(-c4ccccc4)nc(-c4ccccc4)n3)cc(-c3cccc4c3sc3c(-c5cccnc5)cccc34)c2)cc1. The summed E-state index contributed by atoms with van der Waals surface area (Å²) in [5.74, 6) is 1.92. The summed E-state index contributed by atoms with van der Waals surface area (Å²) in [6.45, 7) is 0. The summed E-state index contributed by atoms with van der Waals surface area (Å²) in [5, 5.41) is 2.49. The Hall–Kier alpha value is -6.30. The average molecular weight is 645 g/mol. The normalized spacial score (nSPS) is 11.3. The van der Waals surface area contributed by atoms with Crippen molar-refractivity contribution in [3.63, 3.8) is 0 Å². The fourth-order valence-corrected chi connectivity index (χ4v) is 7.82. The third kappa shape index (κ3) is 5.46. The molecule has 9 aromatic rings. The van der Waals surface area contributed by atoms with Gasteiger partial charge < -0.3 is 0 Å². The Bertz CT molecular complexity index is 2530. The fourth-order valence-electron chi connectivity index (χ4n) is 6.44. The summed E-state index contributed by atoms with van der Waals surface area (Å²) in [5.41, 5.74) is 9.66. The second kappa shape index (κ2) is 12.4. The highest BCUT2D eigenvalue weighted by molar-refractivity contribution is 7.26. The lowest BCUT2D eigenvalue weighted by Gasteiger charge is -2.13. The third-order valence-electron chi connectivity index (χ3n) is 8.81. The standard InChI is InChI=1S/C44H28N4S/c1-4-13-29(14-5-1)33-25-34(37-21-11-23-39-38-22-10-20-36(40(38)49-41(37)39)32-19-12-24-45-28-32)27-35(26-33)44-47-42(30-15-6-2-7-16-30)46-43(48-44)31-17-8-3-9-18-31/h1-28H. The second-order valence-electron chi connectivity index (χ2n) is 11.9. The van der Waals surface area contributed by atoms with Crippen molar-refractivity contribution in [2.24, 2.45) is 0 Å². The number of hydrogen-bond donors (Lipinski definition) is 0. The molecule has 0 aliphatic rings. The lowest BCUT2D eigenvalue weighted by Crippen LogP contribution is -2.00. The number of benzene rings is 6. The van der Waals surface area contributed by atoms with Gasteiger partial charge in [0.05, 0.1) is 0 Å². The van der Waals surface area contributed by atoms with E-state index in [0.717, 1.165) is 38.9 Å². The van der Waals surface area contributed by atoms with Crippen LogP contribution in [0.15, 0.2) is 170 Å². The molecule has 0 aliphatic carbocycles. The Morgan fingerprint density at radius 1 is 0.347 bits per heavy atom. The lowest BCUT2D eigenvalue weighted by molar-refractivity contribution is 1.07. The minimum atomic E-state index is 0.633. The van der Waals surface area contributed by atoms with Gasteiger partial charge >= 0.3 is 0 Å². The van der Waals surface area contributed by atoms with E-state index in [4.69, 9.17) is 15.0 Å². The number of thiophene rings is 1. The maximum Gasteiger partial charge on any atom is 0.164 e. The Morgan fingerprint density at radius 3 is 1.37 bits per heavy atom. The van der Waals surface area contributed by atoms with E-state index in [1.165, 1.54) is 31.3 Å². The Balaban J connectivity index is 1.28. The topological polar surface area (TPSA) is 51.6 Å². The first-order valence-electron chi connectivity index (χ1n) is 16.2. The highest BCUT2D eigenvalue weighted by atomic mass is 32.1. The van der Waals surface area contributed by atoms with Gasteiger partial charge in [0.2, 0.25) is 0 Å². The molecule has 230 valence electrons. The van der Waals surface area contributed by atoms with Gasteiger partial charge in [-0.25, -0.2) is 15.0 Å². The van der Waals surface area contributed by atoms with Gasteiger partial charge in [-0.05, 0) is 46.5 Å². The van der Waals surface area contributed by atoms with Crippen LogP contribution >= 0.6 is 11.3 Å². The molecule has 0 fully saturated rings. The molecule has 0 amide bonds. The summed E-state index contributed by atoms with van der Waals surface area (Å²) in [6.07, 6.45) is 3.76. The van der Waals surface area contributed by atoms with Crippen LogP contribution < -0.4 is 0 Å². The zero-order valence-electron chi connectivity index (χ0n) is 26.4. The quantitative estimate of drug-likeness (QED) is 0.181. The van der Waals surface area contributed by atoms with E-state index in [1.54, 1.807) is 0 Å². The largest absolute Gasteiger partial charge is 0.264 e. The maximum absolute atomic E-state index is 5.09. The first-order valence-corrected chi connectivity index (χ1v) is 17.0. The third-order valence-corrected chi connectivity index (χ3v) is 10.1. The molecule has 3 heterocycles. The minimum absolute atomic E-state index is 0.633. The number of nitrogens with zero attached hydrogens (tertiary/aromatic N) is 4. The minimum Gasteiger partial charge on any atom is -0.264 e. The van der Waals surface area contributed by atoms with Crippen LogP contribution in [-0.2, 0) is 0 Å². The van der Waals surface area contributed by atoms with Crippen LogP contribution in [0, 0.1) is 0 Å². The van der Waals surface area contributed by atoms with Crippen molar-refractivity contribution < 1.29 is 0 Å². The highest BCUT2D eigenvalue weighted by Crippen LogP contribution is 2.44. The van der Waals surface area contributed by atoms with Crippen LogP contribution in [0.1, 0.15) is 0 Å². The maximum atomic E-state index is 5.09. The van der Waals surface area contributed by atoms with Crippen LogP contribution in [0.2, 0.25) is 0 Å². The summed E-state index contributed by atoms with van der Waals surface area (Å²) in [4.78, 5) is 19.5. The summed E-state index contributed by atoms with van der Waals surface area (Å²) >= 11 is 1.84. The monoisotopic (exact) mass is 644 g/mol.